The molecule has 0 fully saturated rings. The highest BCUT2D eigenvalue weighted by Crippen LogP contribution is 2.38. The van der Waals surface area contributed by atoms with Crippen molar-refractivity contribution in [2.45, 2.75) is 25.8 Å². The number of alkyl halides is 5. The number of fused-ring (bicyclic) bond motifs is 1. The Morgan fingerprint density at radius 1 is 1.00 bits per heavy atom. The molecule has 1 atom stereocenters. The van der Waals surface area contributed by atoms with Crippen LogP contribution in [0.3, 0.4) is 0 Å². The zero-order chi connectivity index (χ0) is 27.9. The number of rotatable bonds is 6. The van der Waals surface area contributed by atoms with Crippen LogP contribution in [-0.2, 0) is 6.18 Å². The SMILES string of the molecule is CC(O)c1ccn2c(NC(=O)c3ccc(C(F)(F)F)c(-c4ccn(C(F)F)n4)c3)c(-c3ccccc3)nc2c1. The van der Waals surface area contributed by atoms with Crippen molar-refractivity contribution in [1.29, 1.82) is 0 Å². The van der Waals surface area contributed by atoms with E-state index in [2.05, 4.69) is 15.4 Å². The maximum absolute atomic E-state index is 13.7. The van der Waals surface area contributed by atoms with E-state index in [0.29, 0.717) is 28.5 Å². The Morgan fingerprint density at radius 2 is 1.74 bits per heavy atom. The van der Waals surface area contributed by atoms with Gasteiger partial charge < -0.3 is 10.4 Å². The highest BCUT2D eigenvalue weighted by Gasteiger charge is 2.35. The van der Waals surface area contributed by atoms with Crippen LogP contribution < -0.4 is 5.32 Å². The molecular weight excluding hydrogens is 521 g/mol. The predicted molar refractivity (Wildman–Crippen MR) is 133 cm³/mol. The van der Waals surface area contributed by atoms with Crippen LogP contribution in [0.25, 0.3) is 28.2 Å². The fraction of sp³-hybridized carbons (Fsp3) is 0.148. The van der Waals surface area contributed by atoms with Gasteiger partial charge in [-0.3, -0.25) is 9.20 Å². The number of amides is 1. The molecule has 3 aromatic heterocycles. The number of benzene rings is 2. The number of aromatic nitrogens is 4. The molecule has 5 aromatic rings. The van der Waals surface area contributed by atoms with Crippen LogP contribution in [0.2, 0.25) is 0 Å². The Balaban J connectivity index is 1.59. The van der Waals surface area contributed by atoms with Crippen molar-refractivity contribution in [1.82, 2.24) is 19.2 Å². The fourth-order valence-electron chi connectivity index (χ4n) is 4.15. The first kappa shape index (κ1) is 26.0. The maximum atomic E-state index is 13.7. The topological polar surface area (TPSA) is 84.5 Å². The largest absolute Gasteiger partial charge is 0.417 e. The molecule has 39 heavy (non-hydrogen) atoms. The van der Waals surface area contributed by atoms with Crippen LogP contribution in [-0.4, -0.2) is 30.2 Å². The molecule has 2 aromatic carbocycles. The molecule has 0 aliphatic rings. The highest BCUT2D eigenvalue weighted by molar-refractivity contribution is 6.06. The van der Waals surface area contributed by atoms with E-state index in [9.17, 15) is 31.9 Å². The molecule has 12 heteroatoms. The molecule has 0 bridgehead atoms. The summed E-state index contributed by atoms with van der Waals surface area (Å²) in [5.74, 6) is -0.501. The van der Waals surface area contributed by atoms with Crippen molar-refractivity contribution in [3.63, 3.8) is 0 Å². The molecule has 0 aliphatic carbocycles. The van der Waals surface area contributed by atoms with Crippen molar-refractivity contribution in [3.8, 4) is 22.5 Å². The van der Waals surface area contributed by atoms with E-state index in [1.54, 1.807) is 53.9 Å². The van der Waals surface area contributed by atoms with E-state index in [0.717, 1.165) is 24.4 Å². The van der Waals surface area contributed by atoms with Gasteiger partial charge >= 0.3 is 12.7 Å². The Labute approximate surface area is 218 Å². The number of imidazole rings is 1. The monoisotopic (exact) mass is 541 g/mol. The molecule has 7 nitrogen and oxygen atoms in total. The smallest absolute Gasteiger partial charge is 0.389 e. The Bertz CT molecular complexity index is 1660. The number of nitrogens with zero attached hydrogens (tertiary/aromatic N) is 4. The average Bonchev–Trinajstić information content (AvgIpc) is 3.54. The molecule has 0 spiro atoms. The van der Waals surface area contributed by atoms with Crippen molar-refractivity contribution >= 4 is 17.4 Å². The summed E-state index contributed by atoms with van der Waals surface area (Å²) in [5, 5.41) is 16.2. The number of hydrogen-bond acceptors (Lipinski definition) is 4. The van der Waals surface area contributed by atoms with Crippen LogP contribution in [0.5, 0.6) is 0 Å². The third kappa shape index (κ3) is 5.10. The molecule has 1 unspecified atom stereocenters. The van der Waals surface area contributed by atoms with Gasteiger partial charge in [0, 0.05) is 29.1 Å². The molecule has 200 valence electrons. The molecule has 3 heterocycles. The summed E-state index contributed by atoms with van der Waals surface area (Å²) in [6, 6.07) is 16.0. The first-order valence-electron chi connectivity index (χ1n) is 11.6. The lowest BCUT2D eigenvalue weighted by molar-refractivity contribution is -0.137. The molecule has 5 rings (SSSR count). The minimum atomic E-state index is -4.82. The van der Waals surface area contributed by atoms with Crippen molar-refractivity contribution < 1.29 is 31.9 Å². The number of nitrogens with one attached hydrogen (secondary N) is 1. The first-order chi connectivity index (χ1) is 18.5. The Morgan fingerprint density at radius 3 is 2.38 bits per heavy atom. The summed E-state index contributed by atoms with van der Waals surface area (Å²) < 4.78 is 69.0. The lowest BCUT2D eigenvalue weighted by atomic mass is 10.0. The number of pyridine rings is 1. The maximum Gasteiger partial charge on any atom is 0.417 e. The highest BCUT2D eigenvalue weighted by atomic mass is 19.4. The minimum Gasteiger partial charge on any atom is -0.389 e. The number of aliphatic hydroxyl groups excluding tert-OH is 1. The summed E-state index contributed by atoms with van der Waals surface area (Å²) in [6.45, 7) is -1.44. The summed E-state index contributed by atoms with van der Waals surface area (Å²) in [4.78, 5) is 18.0. The van der Waals surface area contributed by atoms with Crippen LogP contribution in [0.4, 0.5) is 27.8 Å². The zero-order valence-corrected chi connectivity index (χ0v) is 20.2. The van der Waals surface area contributed by atoms with Gasteiger partial charge in [0.15, 0.2) is 0 Å². The minimum absolute atomic E-state index is 0.154. The number of aliphatic hydroxyl groups is 1. The van der Waals surface area contributed by atoms with Gasteiger partial charge in [-0.1, -0.05) is 30.3 Å². The van der Waals surface area contributed by atoms with Gasteiger partial charge in [0.25, 0.3) is 5.91 Å². The molecular formula is C27H20F5N5O2. The summed E-state index contributed by atoms with van der Waals surface area (Å²) in [6.07, 6.45) is -3.10. The fourth-order valence-corrected chi connectivity index (χ4v) is 4.15. The standard InChI is InChI=1S/C27H20F5N5O2/c1-15(38)17-9-11-36-22(14-17)33-23(16-5-3-2-4-6-16)24(36)34-25(39)18-7-8-20(27(30,31)32)19(13-18)21-10-12-37(35-21)26(28)29/h2-15,26,38H,1H3,(H,34,39). The van der Waals surface area contributed by atoms with E-state index >= 15 is 0 Å². The van der Waals surface area contributed by atoms with Crippen LogP contribution in [0.15, 0.2) is 79.1 Å². The van der Waals surface area contributed by atoms with Crippen molar-refractivity contribution in [2.75, 3.05) is 5.32 Å². The number of anilines is 1. The summed E-state index contributed by atoms with van der Waals surface area (Å²) in [5.41, 5.74) is -0.0625. The second kappa shape index (κ2) is 9.95. The molecule has 0 radical (unpaired) electrons. The van der Waals surface area contributed by atoms with Gasteiger partial charge in [0.2, 0.25) is 0 Å². The molecule has 0 aliphatic heterocycles. The normalized spacial score (nSPS) is 12.7. The third-order valence-electron chi connectivity index (χ3n) is 6.08. The predicted octanol–water partition coefficient (Wildman–Crippen LogP) is 6.58. The number of carbonyl (C=O) groups is 1. The van der Waals surface area contributed by atoms with E-state index in [4.69, 9.17) is 0 Å². The average molecular weight is 541 g/mol. The Kier molecular flexibility index (Phi) is 6.64. The van der Waals surface area contributed by atoms with Crippen molar-refractivity contribution in [2.24, 2.45) is 0 Å². The number of carbonyl (C=O) groups excluding carboxylic acids is 1. The molecule has 1 amide bonds. The number of hydrogen-bond donors (Lipinski definition) is 2. The van der Waals surface area contributed by atoms with Crippen LogP contribution >= 0.6 is 0 Å². The second-order valence-electron chi connectivity index (χ2n) is 8.71. The lowest BCUT2D eigenvalue weighted by Gasteiger charge is -2.14. The quantitative estimate of drug-likeness (QED) is 0.238. The third-order valence-corrected chi connectivity index (χ3v) is 6.08. The van der Waals surface area contributed by atoms with Crippen LogP contribution in [0.1, 0.15) is 41.1 Å². The Hall–Kier alpha value is -4.58. The van der Waals surface area contributed by atoms with Crippen LogP contribution in [0, 0.1) is 0 Å². The van der Waals surface area contributed by atoms with Gasteiger partial charge in [-0.15, -0.1) is 0 Å². The van der Waals surface area contributed by atoms with Gasteiger partial charge in [0.1, 0.15) is 17.2 Å². The van der Waals surface area contributed by atoms with E-state index in [1.165, 1.54) is 0 Å². The van der Waals surface area contributed by atoms with E-state index < -0.39 is 35.9 Å². The first-order valence-corrected chi connectivity index (χ1v) is 11.6. The molecule has 0 saturated carbocycles. The summed E-state index contributed by atoms with van der Waals surface area (Å²) >= 11 is 0. The van der Waals surface area contributed by atoms with E-state index in [1.807, 2.05) is 6.07 Å². The van der Waals surface area contributed by atoms with E-state index in [-0.39, 0.29) is 21.8 Å². The molecule has 2 N–H and O–H groups in total. The van der Waals surface area contributed by atoms with Gasteiger partial charge in [-0.05, 0) is 48.9 Å². The van der Waals surface area contributed by atoms with Crippen molar-refractivity contribution in [3.05, 3.63) is 95.8 Å². The van der Waals surface area contributed by atoms with Gasteiger partial charge in [-0.2, -0.15) is 27.1 Å². The van der Waals surface area contributed by atoms with Gasteiger partial charge in [0.05, 0.1) is 17.4 Å². The van der Waals surface area contributed by atoms with Gasteiger partial charge in [-0.25, -0.2) is 9.67 Å². The lowest BCUT2D eigenvalue weighted by Crippen LogP contribution is -2.16. The summed E-state index contributed by atoms with van der Waals surface area (Å²) in [7, 11) is 0. The molecule has 0 saturated heterocycles. The second-order valence-corrected chi connectivity index (χ2v) is 8.71. The number of halogens is 5. The zero-order valence-electron chi connectivity index (χ0n) is 20.2.